The molecule has 5 rings (SSSR count). The molecule has 4 aromatic rings. The number of ether oxygens (including phenoxy) is 1. The Balaban J connectivity index is 1.45. The van der Waals surface area contributed by atoms with Gasteiger partial charge in [0.05, 0.1) is 6.54 Å². The molecule has 0 bridgehead atoms. The molecule has 2 aromatic heterocycles. The Kier molecular flexibility index (Phi) is 4.46. The van der Waals surface area contributed by atoms with Crippen LogP contribution in [0.5, 0.6) is 0 Å². The molecular weight excluding hydrogens is 392 g/mol. The van der Waals surface area contributed by atoms with Crippen LogP contribution < -0.4 is 5.73 Å². The van der Waals surface area contributed by atoms with Gasteiger partial charge in [0.1, 0.15) is 0 Å². The van der Waals surface area contributed by atoms with Crippen molar-refractivity contribution in [2.45, 2.75) is 31.9 Å². The van der Waals surface area contributed by atoms with Crippen molar-refractivity contribution in [3.63, 3.8) is 0 Å². The predicted molar refractivity (Wildman–Crippen MR) is 118 cm³/mol. The van der Waals surface area contributed by atoms with Crippen LogP contribution in [0, 0.1) is 0 Å². The number of aromatic nitrogens is 2. The fraction of sp³-hybridized carbons (Fsp3) is 0.250. The van der Waals surface area contributed by atoms with Crippen LogP contribution >= 0.6 is 0 Å². The number of nitrogens with two attached hydrogens (primary N) is 1. The Hall–Kier alpha value is -3.74. The van der Waals surface area contributed by atoms with Crippen LogP contribution in [-0.2, 0) is 28.9 Å². The van der Waals surface area contributed by atoms with Crippen LogP contribution in [0.15, 0.2) is 54.7 Å². The van der Waals surface area contributed by atoms with Crippen molar-refractivity contribution in [1.82, 2.24) is 14.9 Å². The van der Waals surface area contributed by atoms with E-state index in [1.165, 1.54) is 10.9 Å². The summed E-state index contributed by atoms with van der Waals surface area (Å²) in [7, 11) is 0. The van der Waals surface area contributed by atoms with Crippen molar-refractivity contribution in [1.29, 1.82) is 0 Å². The minimum absolute atomic E-state index is 0.231. The van der Waals surface area contributed by atoms with Gasteiger partial charge in [0.15, 0.2) is 5.60 Å². The maximum absolute atomic E-state index is 13.6. The van der Waals surface area contributed by atoms with Gasteiger partial charge >= 0.3 is 6.09 Å². The van der Waals surface area contributed by atoms with E-state index < -0.39 is 11.7 Å². The molecule has 0 spiro atoms. The molecule has 0 radical (unpaired) electrons. The normalized spacial score (nSPS) is 15.6. The minimum Gasteiger partial charge on any atom is -0.433 e. The van der Waals surface area contributed by atoms with E-state index in [-0.39, 0.29) is 12.3 Å². The van der Waals surface area contributed by atoms with E-state index in [0.717, 1.165) is 34.1 Å². The number of rotatable bonds is 4. The van der Waals surface area contributed by atoms with Crippen LogP contribution in [0.3, 0.4) is 0 Å². The van der Waals surface area contributed by atoms with Gasteiger partial charge in [-0.05, 0) is 36.6 Å². The van der Waals surface area contributed by atoms with Gasteiger partial charge in [0, 0.05) is 46.7 Å². The molecule has 1 aliphatic heterocycles. The van der Waals surface area contributed by atoms with Gasteiger partial charge in [-0.1, -0.05) is 36.4 Å². The van der Waals surface area contributed by atoms with Crippen LogP contribution in [0.2, 0.25) is 0 Å². The lowest BCUT2D eigenvalue weighted by molar-refractivity contribution is -0.150. The van der Waals surface area contributed by atoms with Crippen LogP contribution in [0.4, 0.5) is 4.79 Å². The van der Waals surface area contributed by atoms with Crippen molar-refractivity contribution in [3.05, 3.63) is 71.5 Å². The Morgan fingerprint density at radius 3 is 2.58 bits per heavy atom. The number of hydrogen-bond donors (Lipinski definition) is 3. The molecule has 1 aliphatic rings. The number of aromatic amines is 2. The lowest BCUT2D eigenvalue weighted by Gasteiger charge is -2.35. The molecule has 0 saturated heterocycles. The number of carbonyl (C=O) groups is 2. The number of para-hydroxylation sites is 2. The fourth-order valence-corrected chi connectivity index (χ4v) is 4.72. The summed E-state index contributed by atoms with van der Waals surface area (Å²) in [5.74, 6) is -0.249. The van der Waals surface area contributed by atoms with Crippen molar-refractivity contribution in [2.24, 2.45) is 5.73 Å². The summed E-state index contributed by atoms with van der Waals surface area (Å²) < 4.78 is 5.45. The summed E-state index contributed by atoms with van der Waals surface area (Å²) >= 11 is 0. The Morgan fingerprint density at radius 1 is 1.10 bits per heavy atom. The van der Waals surface area contributed by atoms with E-state index >= 15 is 0 Å². The topological polar surface area (TPSA) is 104 Å². The zero-order valence-electron chi connectivity index (χ0n) is 17.3. The second kappa shape index (κ2) is 7.19. The average molecular weight is 416 g/mol. The largest absolute Gasteiger partial charge is 0.433 e. The molecule has 1 unspecified atom stereocenters. The molecule has 1 atom stereocenters. The van der Waals surface area contributed by atoms with E-state index in [1.807, 2.05) is 48.7 Å². The van der Waals surface area contributed by atoms with E-state index in [1.54, 1.807) is 11.8 Å². The van der Waals surface area contributed by atoms with Crippen molar-refractivity contribution >= 4 is 33.8 Å². The number of benzene rings is 2. The quantitative estimate of drug-likeness (QED) is 0.473. The Morgan fingerprint density at radius 2 is 1.81 bits per heavy atom. The summed E-state index contributed by atoms with van der Waals surface area (Å²) in [6.07, 6.45) is 1.87. The number of nitrogens with one attached hydrogen (secondary N) is 2. The number of primary amides is 1. The number of nitrogens with zero attached hydrogens (tertiary/aromatic N) is 1. The minimum atomic E-state index is -1.40. The molecule has 2 amide bonds. The van der Waals surface area contributed by atoms with Crippen LogP contribution in [0.1, 0.15) is 23.7 Å². The first-order valence-electron chi connectivity index (χ1n) is 10.4. The lowest BCUT2D eigenvalue weighted by atomic mass is 9.93. The molecule has 4 N–H and O–H groups in total. The summed E-state index contributed by atoms with van der Waals surface area (Å²) in [5.41, 5.74) is 9.16. The SMILES string of the molecule is CC(Cc1c[nH]c2ccccc12)(OC(N)=O)C(=O)N1CCc2c([nH]c3ccccc23)C1. The van der Waals surface area contributed by atoms with Crippen molar-refractivity contribution in [2.75, 3.05) is 6.54 Å². The molecule has 3 heterocycles. The van der Waals surface area contributed by atoms with Crippen LogP contribution in [0.25, 0.3) is 21.8 Å². The van der Waals surface area contributed by atoms with E-state index in [9.17, 15) is 9.59 Å². The first-order chi connectivity index (χ1) is 14.9. The number of H-pyrrole nitrogens is 2. The molecular formula is C24H24N4O3. The standard InChI is InChI=1S/C24H24N4O3/c1-24(31-23(25)30,12-15-13-26-19-8-4-2-6-16(15)19)22(29)28-11-10-18-17-7-3-5-9-20(17)27-21(18)14-28/h2-9,13,26-27H,10-12,14H2,1H3,(H2,25,30). The summed E-state index contributed by atoms with van der Waals surface area (Å²) in [6.45, 7) is 2.64. The van der Waals surface area contributed by atoms with E-state index in [4.69, 9.17) is 10.5 Å². The molecule has 0 saturated carbocycles. The molecule has 0 fully saturated rings. The summed E-state index contributed by atoms with van der Waals surface area (Å²) in [4.78, 5) is 33.7. The highest BCUT2D eigenvalue weighted by molar-refractivity contribution is 5.91. The highest BCUT2D eigenvalue weighted by Crippen LogP contribution is 2.31. The molecule has 0 aliphatic carbocycles. The summed E-state index contributed by atoms with van der Waals surface area (Å²) in [6, 6.07) is 16.0. The van der Waals surface area contributed by atoms with Gasteiger partial charge in [-0.2, -0.15) is 0 Å². The maximum atomic E-state index is 13.6. The highest BCUT2D eigenvalue weighted by atomic mass is 16.6. The number of amides is 2. The second-order valence-electron chi connectivity index (χ2n) is 8.29. The third-order valence-corrected chi connectivity index (χ3v) is 6.15. The third kappa shape index (κ3) is 3.32. The predicted octanol–water partition coefficient (Wildman–Crippen LogP) is 3.63. The maximum Gasteiger partial charge on any atom is 0.405 e. The third-order valence-electron chi connectivity index (χ3n) is 6.15. The molecule has 7 heteroatoms. The smallest absolute Gasteiger partial charge is 0.405 e. The van der Waals surface area contributed by atoms with Crippen molar-refractivity contribution in [3.8, 4) is 0 Å². The monoisotopic (exact) mass is 416 g/mol. The van der Waals surface area contributed by atoms with Crippen LogP contribution in [-0.4, -0.2) is 39.0 Å². The van der Waals surface area contributed by atoms with Gasteiger partial charge in [0.2, 0.25) is 0 Å². The van der Waals surface area contributed by atoms with E-state index in [0.29, 0.717) is 13.1 Å². The first kappa shape index (κ1) is 19.2. The van der Waals surface area contributed by atoms with Crippen molar-refractivity contribution < 1.29 is 14.3 Å². The van der Waals surface area contributed by atoms with Gasteiger partial charge in [0.25, 0.3) is 5.91 Å². The number of carbonyl (C=O) groups excluding carboxylic acids is 2. The van der Waals surface area contributed by atoms with E-state index in [2.05, 4.69) is 16.0 Å². The summed E-state index contributed by atoms with van der Waals surface area (Å²) in [5, 5.41) is 2.19. The van der Waals surface area contributed by atoms with Gasteiger partial charge in [-0.25, -0.2) is 4.79 Å². The van der Waals surface area contributed by atoms with Gasteiger partial charge in [-0.3, -0.25) is 4.79 Å². The molecule has 7 nitrogen and oxygen atoms in total. The fourth-order valence-electron chi connectivity index (χ4n) is 4.72. The zero-order valence-corrected chi connectivity index (χ0v) is 17.3. The molecule has 2 aromatic carbocycles. The zero-order chi connectivity index (χ0) is 21.6. The Labute approximate surface area is 179 Å². The highest BCUT2D eigenvalue weighted by Gasteiger charge is 2.42. The second-order valence-corrected chi connectivity index (χ2v) is 8.29. The lowest BCUT2D eigenvalue weighted by Crippen LogP contribution is -2.53. The number of fused-ring (bicyclic) bond motifs is 4. The molecule has 158 valence electrons. The number of hydrogen-bond acceptors (Lipinski definition) is 3. The van der Waals surface area contributed by atoms with Gasteiger partial charge in [-0.15, -0.1) is 0 Å². The molecule has 31 heavy (non-hydrogen) atoms. The Bertz CT molecular complexity index is 1300. The first-order valence-corrected chi connectivity index (χ1v) is 10.4. The average Bonchev–Trinajstić information content (AvgIpc) is 3.33. The van der Waals surface area contributed by atoms with Gasteiger partial charge < -0.3 is 25.3 Å².